The Bertz CT molecular complexity index is 973. The van der Waals surface area contributed by atoms with Crippen LogP contribution < -0.4 is 4.74 Å². The molecule has 0 unspecified atom stereocenters. The van der Waals surface area contributed by atoms with Crippen molar-refractivity contribution in [2.75, 3.05) is 0 Å². The number of rotatable bonds is 2. The lowest BCUT2D eigenvalue weighted by Gasteiger charge is -2.10. The first kappa shape index (κ1) is 14.4. The van der Waals surface area contributed by atoms with Crippen LogP contribution in [-0.2, 0) is 0 Å². The van der Waals surface area contributed by atoms with E-state index in [0.29, 0.717) is 17.0 Å². The summed E-state index contributed by atoms with van der Waals surface area (Å²) >= 11 is 0. The van der Waals surface area contributed by atoms with Crippen LogP contribution in [0.5, 0.6) is 11.5 Å². The second-order valence-electron chi connectivity index (χ2n) is 5.77. The number of fused-ring (bicyclic) bond motifs is 2. The summed E-state index contributed by atoms with van der Waals surface area (Å²) in [5.41, 5.74) is 5.21. The minimum Gasteiger partial charge on any atom is -0.454 e. The van der Waals surface area contributed by atoms with Gasteiger partial charge in [0.25, 0.3) is 0 Å². The van der Waals surface area contributed by atoms with Crippen molar-refractivity contribution >= 4 is 17.7 Å². The van der Waals surface area contributed by atoms with Gasteiger partial charge in [-0.2, -0.15) is 0 Å². The lowest BCUT2D eigenvalue weighted by molar-refractivity contribution is 0.112. The number of nitrogens with zero attached hydrogens (tertiary/aromatic N) is 1. The van der Waals surface area contributed by atoms with Crippen molar-refractivity contribution in [1.29, 1.82) is 0 Å². The van der Waals surface area contributed by atoms with Gasteiger partial charge in [-0.1, -0.05) is 35.9 Å². The van der Waals surface area contributed by atoms with Gasteiger partial charge >= 0.3 is 0 Å². The predicted molar refractivity (Wildman–Crippen MR) is 94.8 cm³/mol. The number of carbonyl (C=O) groups excluding carboxylic acids is 1. The zero-order valence-corrected chi connectivity index (χ0v) is 13.2. The molecule has 3 nitrogen and oxygen atoms in total. The average Bonchev–Trinajstić information content (AvgIpc) is 2.77. The molecule has 3 aromatic carbocycles. The van der Waals surface area contributed by atoms with E-state index >= 15 is 0 Å². The van der Waals surface area contributed by atoms with Crippen LogP contribution in [0.25, 0.3) is 0 Å². The van der Waals surface area contributed by atoms with Crippen LogP contribution in [-0.4, -0.2) is 12.0 Å². The third kappa shape index (κ3) is 2.50. The lowest BCUT2D eigenvalue weighted by Crippen LogP contribution is -2.03. The number of aliphatic imine (C=N–C) groups is 1. The number of aldehydes is 1. The summed E-state index contributed by atoms with van der Waals surface area (Å²) in [4.78, 5) is 15.9. The maximum atomic E-state index is 11.1. The Balaban J connectivity index is 1.99. The van der Waals surface area contributed by atoms with Crippen molar-refractivity contribution < 1.29 is 9.53 Å². The van der Waals surface area contributed by atoms with Crippen LogP contribution in [0.1, 0.15) is 27.0 Å². The summed E-state index contributed by atoms with van der Waals surface area (Å²) < 4.78 is 6.05. The molecule has 0 N–H and O–H groups in total. The molecule has 0 fully saturated rings. The minimum absolute atomic E-state index is 0.579. The molecule has 0 radical (unpaired) electrons. The van der Waals surface area contributed by atoms with Crippen molar-refractivity contribution in [2.24, 2.45) is 4.99 Å². The molecule has 1 heterocycles. The SMILES string of the molecule is Cc1cccc(C2=Nc3cc(C=O)ccc3Oc3ccccc32)c1. The number of benzene rings is 3. The summed E-state index contributed by atoms with van der Waals surface area (Å²) in [5.74, 6) is 1.41. The fraction of sp³-hybridized carbons (Fsp3) is 0.0476. The van der Waals surface area contributed by atoms with Crippen LogP contribution in [0.4, 0.5) is 5.69 Å². The van der Waals surface area contributed by atoms with E-state index in [9.17, 15) is 4.79 Å². The van der Waals surface area contributed by atoms with E-state index in [0.717, 1.165) is 28.9 Å². The molecule has 3 heteroatoms. The highest BCUT2D eigenvalue weighted by Crippen LogP contribution is 2.39. The molecule has 3 aromatic rings. The Kier molecular flexibility index (Phi) is 3.47. The molecule has 0 saturated carbocycles. The molecule has 0 spiro atoms. The van der Waals surface area contributed by atoms with Crippen molar-refractivity contribution in [3.05, 3.63) is 89.0 Å². The second kappa shape index (κ2) is 5.78. The largest absolute Gasteiger partial charge is 0.454 e. The maximum absolute atomic E-state index is 11.1. The Labute approximate surface area is 140 Å². The van der Waals surface area contributed by atoms with E-state index in [2.05, 4.69) is 19.1 Å². The standard InChI is InChI=1S/C21H15NO2/c1-14-5-4-6-16(11-14)21-17-7-2-3-8-19(17)24-20-10-9-15(13-23)12-18(20)22-21/h2-13H,1H3. The van der Waals surface area contributed by atoms with Crippen LogP contribution in [0.2, 0.25) is 0 Å². The van der Waals surface area contributed by atoms with Crippen LogP contribution in [0.3, 0.4) is 0 Å². The smallest absolute Gasteiger partial charge is 0.153 e. The number of aryl methyl sites for hydroxylation is 1. The first-order chi connectivity index (χ1) is 11.7. The molecule has 0 bridgehead atoms. The molecule has 0 aromatic heterocycles. The van der Waals surface area contributed by atoms with E-state index in [1.807, 2.05) is 36.4 Å². The van der Waals surface area contributed by atoms with Crippen LogP contribution in [0.15, 0.2) is 71.7 Å². The molecule has 0 amide bonds. The first-order valence-corrected chi connectivity index (χ1v) is 7.77. The highest BCUT2D eigenvalue weighted by atomic mass is 16.5. The predicted octanol–water partition coefficient (Wildman–Crippen LogP) is 5.08. The van der Waals surface area contributed by atoms with Gasteiger partial charge in [0.2, 0.25) is 0 Å². The highest BCUT2D eigenvalue weighted by Gasteiger charge is 2.19. The summed E-state index contributed by atoms with van der Waals surface area (Å²) in [5, 5.41) is 0. The van der Waals surface area contributed by atoms with E-state index < -0.39 is 0 Å². The quantitative estimate of drug-likeness (QED) is 0.484. The van der Waals surface area contributed by atoms with E-state index in [-0.39, 0.29) is 0 Å². The topological polar surface area (TPSA) is 38.7 Å². The normalized spacial score (nSPS) is 12.3. The van der Waals surface area contributed by atoms with Crippen LogP contribution >= 0.6 is 0 Å². The molecule has 4 rings (SSSR count). The minimum atomic E-state index is 0.579. The van der Waals surface area contributed by atoms with Gasteiger partial charge in [-0.25, -0.2) is 4.99 Å². The molecule has 0 saturated heterocycles. The molecule has 0 atom stereocenters. The third-order valence-electron chi connectivity index (χ3n) is 4.00. The molecule has 1 aliphatic heterocycles. The number of ether oxygens (including phenoxy) is 1. The van der Waals surface area contributed by atoms with Crippen molar-refractivity contribution in [1.82, 2.24) is 0 Å². The molecular weight excluding hydrogens is 298 g/mol. The Morgan fingerprint density at radius 3 is 2.62 bits per heavy atom. The maximum Gasteiger partial charge on any atom is 0.153 e. The Hall–Kier alpha value is -3.20. The van der Waals surface area contributed by atoms with Gasteiger partial charge in [0, 0.05) is 16.7 Å². The zero-order chi connectivity index (χ0) is 16.5. The van der Waals surface area contributed by atoms with E-state index in [1.54, 1.807) is 18.2 Å². The monoisotopic (exact) mass is 313 g/mol. The number of hydrogen-bond acceptors (Lipinski definition) is 3. The lowest BCUT2D eigenvalue weighted by atomic mass is 10.00. The third-order valence-corrected chi connectivity index (χ3v) is 4.00. The van der Waals surface area contributed by atoms with Gasteiger partial charge in [-0.15, -0.1) is 0 Å². The van der Waals surface area contributed by atoms with Crippen molar-refractivity contribution in [3.63, 3.8) is 0 Å². The van der Waals surface area contributed by atoms with Crippen LogP contribution in [0, 0.1) is 6.92 Å². The number of hydrogen-bond donors (Lipinski definition) is 0. The second-order valence-corrected chi connectivity index (χ2v) is 5.77. The van der Waals surface area contributed by atoms with Gasteiger partial charge < -0.3 is 4.74 Å². The summed E-state index contributed by atoms with van der Waals surface area (Å²) in [6.07, 6.45) is 0.820. The van der Waals surface area contributed by atoms with E-state index in [1.165, 1.54) is 5.56 Å². The van der Waals surface area contributed by atoms with Gasteiger partial charge in [0.1, 0.15) is 17.7 Å². The number of para-hydroxylation sites is 1. The molecule has 1 aliphatic rings. The van der Waals surface area contributed by atoms with Crippen molar-refractivity contribution in [3.8, 4) is 11.5 Å². The van der Waals surface area contributed by atoms with E-state index in [4.69, 9.17) is 9.73 Å². The van der Waals surface area contributed by atoms with Gasteiger partial charge in [-0.05, 0) is 43.3 Å². The van der Waals surface area contributed by atoms with Gasteiger partial charge in [0.05, 0.1) is 5.71 Å². The highest BCUT2D eigenvalue weighted by molar-refractivity contribution is 6.16. The number of carbonyl (C=O) groups is 1. The zero-order valence-electron chi connectivity index (χ0n) is 13.2. The van der Waals surface area contributed by atoms with Gasteiger partial charge in [0.15, 0.2) is 5.75 Å². The average molecular weight is 313 g/mol. The molecule has 116 valence electrons. The summed E-state index contributed by atoms with van der Waals surface area (Å²) in [6.45, 7) is 2.06. The summed E-state index contributed by atoms with van der Waals surface area (Å²) in [6, 6.07) is 21.3. The molecular formula is C21H15NO2. The fourth-order valence-electron chi connectivity index (χ4n) is 2.84. The van der Waals surface area contributed by atoms with Gasteiger partial charge in [-0.3, -0.25) is 4.79 Å². The Morgan fingerprint density at radius 2 is 1.79 bits per heavy atom. The Morgan fingerprint density at radius 1 is 0.917 bits per heavy atom. The molecule has 24 heavy (non-hydrogen) atoms. The first-order valence-electron chi connectivity index (χ1n) is 7.77. The van der Waals surface area contributed by atoms with Crippen molar-refractivity contribution in [2.45, 2.75) is 6.92 Å². The summed E-state index contributed by atoms with van der Waals surface area (Å²) in [7, 11) is 0. The fourth-order valence-corrected chi connectivity index (χ4v) is 2.84. The molecule has 0 aliphatic carbocycles.